The van der Waals surface area contributed by atoms with Crippen LogP contribution >= 0.6 is 0 Å². The second kappa shape index (κ2) is 12.0. The van der Waals surface area contributed by atoms with Crippen molar-refractivity contribution in [1.29, 1.82) is 0 Å². The number of nitrogens with zero attached hydrogens (tertiary/aromatic N) is 1. The fourth-order valence-electron chi connectivity index (χ4n) is 4.45. The van der Waals surface area contributed by atoms with Crippen molar-refractivity contribution in [2.75, 3.05) is 18.1 Å². The number of ether oxygens (including phenoxy) is 2. The minimum atomic E-state index is -0.827. The van der Waals surface area contributed by atoms with E-state index >= 15 is 0 Å². The zero-order valence-corrected chi connectivity index (χ0v) is 23.3. The highest BCUT2D eigenvalue weighted by Gasteiger charge is 2.37. The highest BCUT2D eigenvalue weighted by Crippen LogP contribution is 2.30. The van der Waals surface area contributed by atoms with Crippen LogP contribution in [-0.4, -0.2) is 48.5 Å². The van der Waals surface area contributed by atoms with Gasteiger partial charge in [0.2, 0.25) is 0 Å². The van der Waals surface area contributed by atoms with E-state index in [0.29, 0.717) is 11.1 Å². The minimum absolute atomic E-state index is 0.00553. The molecule has 0 bridgehead atoms. The fraction of sp³-hybridized carbons (Fsp3) is 0.118. The van der Waals surface area contributed by atoms with Gasteiger partial charge in [-0.15, -0.1) is 0 Å². The van der Waals surface area contributed by atoms with Crippen LogP contribution < -0.4 is 4.90 Å². The summed E-state index contributed by atoms with van der Waals surface area (Å²) in [6.07, 6.45) is 0. The summed E-state index contributed by atoms with van der Waals surface area (Å²) in [5.74, 6) is -3.74. The maximum absolute atomic E-state index is 13.3. The second-order valence-corrected chi connectivity index (χ2v) is 9.99. The molecule has 4 aromatic rings. The van der Waals surface area contributed by atoms with Crippen molar-refractivity contribution >= 4 is 41.0 Å². The first-order chi connectivity index (χ1) is 20.6. The van der Waals surface area contributed by atoms with Gasteiger partial charge in [-0.05, 0) is 50.2 Å². The smallest absolute Gasteiger partial charge is 0.338 e. The van der Waals surface area contributed by atoms with Gasteiger partial charge in [-0.25, -0.2) is 14.5 Å². The molecule has 0 aromatic heterocycles. The Morgan fingerprint density at radius 2 is 1.02 bits per heavy atom. The standard InChI is InChI=1S/C34H25NO8/c1-20-6-10-22(11-7-20)29(36)18-42-33(40)24-4-3-5-26(16-24)35-31(38)27-15-14-25(17-28(27)32(35)39)34(41)43-19-30(37)23-12-8-21(2)9-13-23/h3-17H,18-19H2,1-2H3. The number of Topliss-reactive ketones (excluding diaryl/α,β-unsaturated/α-hetero) is 2. The van der Waals surface area contributed by atoms with Gasteiger partial charge < -0.3 is 9.47 Å². The van der Waals surface area contributed by atoms with E-state index in [2.05, 4.69) is 0 Å². The summed E-state index contributed by atoms with van der Waals surface area (Å²) in [6, 6.07) is 23.3. The van der Waals surface area contributed by atoms with Crippen LogP contribution in [0.1, 0.15) is 73.3 Å². The molecule has 0 spiro atoms. The number of amides is 2. The first-order valence-electron chi connectivity index (χ1n) is 13.3. The Kier molecular flexibility index (Phi) is 8.07. The SMILES string of the molecule is Cc1ccc(C(=O)COC(=O)c2cccc(N3C(=O)c4ccc(C(=O)OCC(=O)c5ccc(C)cc5)cc4C3=O)c2)cc1. The summed E-state index contributed by atoms with van der Waals surface area (Å²) in [4.78, 5) is 77.4. The Labute approximate surface area is 246 Å². The molecule has 0 unspecified atom stereocenters. The predicted molar refractivity (Wildman–Crippen MR) is 156 cm³/mol. The van der Waals surface area contributed by atoms with Crippen molar-refractivity contribution in [3.05, 3.63) is 136 Å². The molecule has 5 rings (SSSR count). The zero-order chi connectivity index (χ0) is 30.7. The zero-order valence-electron chi connectivity index (χ0n) is 23.3. The van der Waals surface area contributed by atoms with Crippen molar-refractivity contribution in [1.82, 2.24) is 0 Å². The quantitative estimate of drug-likeness (QED) is 0.152. The lowest BCUT2D eigenvalue weighted by Gasteiger charge is -2.14. The van der Waals surface area contributed by atoms with Crippen LogP contribution in [0.25, 0.3) is 0 Å². The fourth-order valence-corrected chi connectivity index (χ4v) is 4.45. The molecule has 1 heterocycles. The van der Waals surface area contributed by atoms with Crippen molar-refractivity contribution in [3.8, 4) is 0 Å². The molecule has 2 amide bonds. The van der Waals surface area contributed by atoms with Gasteiger partial charge in [-0.2, -0.15) is 0 Å². The third-order valence-electron chi connectivity index (χ3n) is 6.88. The highest BCUT2D eigenvalue weighted by atomic mass is 16.5. The Morgan fingerprint density at radius 3 is 1.56 bits per heavy atom. The summed E-state index contributed by atoms with van der Waals surface area (Å²) < 4.78 is 10.3. The van der Waals surface area contributed by atoms with Crippen LogP contribution in [0.4, 0.5) is 5.69 Å². The van der Waals surface area contributed by atoms with E-state index in [1.54, 1.807) is 48.5 Å². The number of imide groups is 1. The number of carbonyl (C=O) groups is 6. The second-order valence-electron chi connectivity index (χ2n) is 9.99. The van der Waals surface area contributed by atoms with E-state index in [9.17, 15) is 28.8 Å². The molecule has 43 heavy (non-hydrogen) atoms. The summed E-state index contributed by atoms with van der Waals surface area (Å²) >= 11 is 0. The largest absolute Gasteiger partial charge is 0.454 e. The normalized spacial score (nSPS) is 12.1. The first kappa shape index (κ1) is 28.8. The Balaban J connectivity index is 1.25. The molecule has 0 aliphatic carbocycles. The monoisotopic (exact) mass is 575 g/mol. The van der Waals surface area contributed by atoms with Crippen LogP contribution in [-0.2, 0) is 9.47 Å². The van der Waals surface area contributed by atoms with Crippen LogP contribution in [0.15, 0.2) is 91.0 Å². The Bertz CT molecular complexity index is 1790. The van der Waals surface area contributed by atoms with Crippen molar-refractivity contribution in [2.24, 2.45) is 0 Å². The molecule has 0 saturated carbocycles. The van der Waals surface area contributed by atoms with E-state index < -0.39 is 37.0 Å². The third-order valence-corrected chi connectivity index (χ3v) is 6.88. The molecule has 1 aliphatic heterocycles. The molecule has 4 aromatic carbocycles. The number of carbonyl (C=O) groups excluding carboxylic acids is 6. The van der Waals surface area contributed by atoms with Crippen molar-refractivity contribution in [3.63, 3.8) is 0 Å². The van der Waals surface area contributed by atoms with E-state index in [4.69, 9.17) is 9.47 Å². The molecule has 214 valence electrons. The van der Waals surface area contributed by atoms with Crippen LogP contribution in [0.5, 0.6) is 0 Å². The van der Waals surface area contributed by atoms with E-state index in [0.717, 1.165) is 16.0 Å². The molecule has 0 radical (unpaired) electrons. The number of hydrogen-bond acceptors (Lipinski definition) is 8. The maximum atomic E-state index is 13.3. The van der Waals surface area contributed by atoms with Gasteiger partial charge in [0.05, 0.1) is 27.9 Å². The highest BCUT2D eigenvalue weighted by molar-refractivity contribution is 6.34. The van der Waals surface area contributed by atoms with Gasteiger partial charge in [-0.3, -0.25) is 19.2 Å². The van der Waals surface area contributed by atoms with E-state index in [1.807, 2.05) is 13.8 Å². The molecule has 1 aliphatic rings. The Morgan fingerprint density at radius 1 is 0.558 bits per heavy atom. The number of rotatable bonds is 9. The van der Waals surface area contributed by atoms with Gasteiger partial charge in [0.15, 0.2) is 24.8 Å². The van der Waals surface area contributed by atoms with Crippen molar-refractivity contribution in [2.45, 2.75) is 13.8 Å². The van der Waals surface area contributed by atoms with Gasteiger partial charge in [-0.1, -0.05) is 65.7 Å². The van der Waals surface area contributed by atoms with E-state index in [1.165, 1.54) is 42.5 Å². The summed E-state index contributed by atoms with van der Waals surface area (Å²) in [7, 11) is 0. The summed E-state index contributed by atoms with van der Waals surface area (Å²) in [6.45, 7) is 2.81. The maximum Gasteiger partial charge on any atom is 0.338 e. The minimum Gasteiger partial charge on any atom is -0.454 e. The number of anilines is 1. The molecule has 9 heteroatoms. The molecule has 0 N–H and O–H groups in total. The van der Waals surface area contributed by atoms with Crippen molar-refractivity contribution < 1.29 is 38.2 Å². The van der Waals surface area contributed by atoms with Gasteiger partial charge >= 0.3 is 11.9 Å². The number of hydrogen-bond donors (Lipinski definition) is 0. The molecule has 0 fully saturated rings. The molecule has 0 saturated heterocycles. The average molecular weight is 576 g/mol. The van der Waals surface area contributed by atoms with Crippen LogP contribution in [0, 0.1) is 13.8 Å². The number of benzene rings is 4. The lowest BCUT2D eigenvalue weighted by molar-refractivity contribution is 0.0472. The molecular weight excluding hydrogens is 550 g/mol. The topological polar surface area (TPSA) is 124 Å². The lowest BCUT2D eigenvalue weighted by Crippen LogP contribution is -2.29. The Hall–Kier alpha value is -5.70. The van der Waals surface area contributed by atoms with E-state index in [-0.39, 0.29) is 39.5 Å². The number of aryl methyl sites for hydroxylation is 2. The number of ketones is 2. The lowest BCUT2D eigenvalue weighted by atomic mass is 10.1. The van der Waals surface area contributed by atoms with Crippen LogP contribution in [0.2, 0.25) is 0 Å². The summed E-state index contributed by atoms with van der Waals surface area (Å²) in [5.41, 5.74) is 2.94. The molecule has 0 atom stereocenters. The van der Waals surface area contributed by atoms with Gasteiger partial charge in [0.1, 0.15) is 0 Å². The molecule has 9 nitrogen and oxygen atoms in total. The summed E-state index contributed by atoms with van der Waals surface area (Å²) in [5, 5.41) is 0. The van der Waals surface area contributed by atoms with Gasteiger partial charge in [0, 0.05) is 11.1 Å². The van der Waals surface area contributed by atoms with Crippen LogP contribution in [0.3, 0.4) is 0 Å². The average Bonchev–Trinajstić information content (AvgIpc) is 3.27. The first-order valence-corrected chi connectivity index (χ1v) is 13.3. The third kappa shape index (κ3) is 6.15. The number of esters is 2. The number of fused-ring (bicyclic) bond motifs is 1. The van der Waals surface area contributed by atoms with Gasteiger partial charge in [0.25, 0.3) is 11.8 Å². The predicted octanol–water partition coefficient (Wildman–Crippen LogP) is 5.18. The molecular formula is C34H25NO8.